The van der Waals surface area contributed by atoms with E-state index in [1.165, 1.54) is 12.1 Å². The van der Waals surface area contributed by atoms with Crippen molar-refractivity contribution in [2.24, 2.45) is 0 Å². The average molecular weight is 223 g/mol. The fourth-order valence-electron chi connectivity index (χ4n) is 1.42. The molecule has 86 valence electrons. The molecule has 0 bridgehead atoms. The van der Waals surface area contributed by atoms with Crippen molar-refractivity contribution in [3.63, 3.8) is 0 Å². The Labute approximate surface area is 94.9 Å². The maximum atomic E-state index is 13.3. The summed E-state index contributed by atoms with van der Waals surface area (Å²) in [5, 5.41) is 3.11. The minimum Gasteiger partial charge on any atom is -0.303 e. The number of halogens is 2. The van der Waals surface area contributed by atoms with E-state index in [0.29, 0.717) is 12.0 Å². The van der Waals surface area contributed by atoms with Crippen LogP contribution in [0.4, 0.5) is 8.78 Å². The second-order valence-corrected chi connectivity index (χ2v) is 3.61. The lowest BCUT2D eigenvalue weighted by molar-refractivity contribution is 0.549. The molecule has 0 aromatic heterocycles. The topological polar surface area (TPSA) is 12.0 Å². The van der Waals surface area contributed by atoms with Crippen molar-refractivity contribution >= 4 is 0 Å². The van der Waals surface area contributed by atoms with Gasteiger partial charge in [0.25, 0.3) is 0 Å². The van der Waals surface area contributed by atoms with Crippen LogP contribution < -0.4 is 5.32 Å². The number of nitrogens with one attached hydrogen (secondary N) is 1. The number of rotatable bonds is 5. The molecule has 0 fully saturated rings. The molecule has 1 rings (SSSR count). The summed E-state index contributed by atoms with van der Waals surface area (Å²) in [6.45, 7) is 2.82. The third-order valence-electron chi connectivity index (χ3n) is 2.28. The van der Waals surface area contributed by atoms with Gasteiger partial charge in [-0.05, 0) is 24.6 Å². The minimum atomic E-state index is -0.569. The third kappa shape index (κ3) is 3.63. The van der Waals surface area contributed by atoms with Crippen LogP contribution in [0.5, 0.6) is 0 Å². The Morgan fingerprint density at radius 3 is 2.75 bits per heavy atom. The van der Waals surface area contributed by atoms with Crippen LogP contribution in [0.3, 0.4) is 0 Å². The first-order valence-corrected chi connectivity index (χ1v) is 5.30. The first-order chi connectivity index (χ1) is 7.67. The van der Waals surface area contributed by atoms with Crippen LogP contribution in [0.2, 0.25) is 0 Å². The quantitative estimate of drug-likeness (QED) is 0.756. The molecule has 0 aliphatic rings. The molecule has 1 aromatic carbocycles. The maximum Gasteiger partial charge on any atom is 0.129 e. The predicted molar refractivity (Wildman–Crippen MR) is 61.0 cm³/mol. The Morgan fingerprint density at radius 1 is 1.44 bits per heavy atom. The molecule has 1 N–H and O–H groups in total. The monoisotopic (exact) mass is 223 g/mol. The summed E-state index contributed by atoms with van der Waals surface area (Å²) in [5.41, 5.74) is 0.438. The van der Waals surface area contributed by atoms with Crippen LogP contribution in [0.25, 0.3) is 0 Å². The van der Waals surface area contributed by atoms with Crippen LogP contribution >= 0.6 is 0 Å². The molecule has 0 aliphatic carbocycles. The minimum absolute atomic E-state index is 0.208. The second-order valence-electron chi connectivity index (χ2n) is 3.61. The molecule has 0 saturated heterocycles. The van der Waals surface area contributed by atoms with Gasteiger partial charge in [-0.25, -0.2) is 8.78 Å². The predicted octanol–water partition coefficient (Wildman–Crippen LogP) is 2.51. The molecule has 1 nitrogen and oxygen atoms in total. The zero-order valence-electron chi connectivity index (χ0n) is 9.26. The van der Waals surface area contributed by atoms with Crippen LogP contribution in [-0.4, -0.2) is 12.6 Å². The molecule has 0 radical (unpaired) electrons. The lowest BCUT2D eigenvalue weighted by Gasteiger charge is -2.12. The van der Waals surface area contributed by atoms with Gasteiger partial charge in [0.1, 0.15) is 11.6 Å². The second kappa shape index (κ2) is 6.24. The Balaban J connectivity index is 2.67. The zero-order chi connectivity index (χ0) is 12.0. The SMILES string of the molecule is C#CC(Cc1ccc(F)cc1F)NCCC. The Bertz CT molecular complexity index is 382. The van der Waals surface area contributed by atoms with Crippen molar-refractivity contribution in [3.05, 3.63) is 35.4 Å². The largest absolute Gasteiger partial charge is 0.303 e. The summed E-state index contributed by atoms with van der Waals surface area (Å²) in [7, 11) is 0. The maximum absolute atomic E-state index is 13.3. The van der Waals surface area contributed by atoms with Crippen LogP contribution in [0, 0.1) is 24.0 Å². The van der Waals surface area contributed by atoms with E-state index < -0.39 is 11.6 Å². The lowest BCUT2D eigenvalue weighted by atomic mass is 10.1. The third-order valence-corrected chi connectivity index (χ3v) is 2.28. The molecule has 16 heavy (non-hydrogen) atoms. The van der Waals surface area contributed by atoms with Crippen LogP contribution in [-0.2, 0) is 6.42 Å². The highest BCUT2D eigenvalue weighted by molar-refractivity contribution is 5.21. The average Bonchev–Trinajstić information content (AvgIpc) is 2.27. The van der Waals surface area contributed by atoms with E-state index in [1.807, 2.05) is 6.92 Å². The fraction of sp³-hybridized carbons (Fsp3) is 0.385. The van der Waals surface area contributed by atoms with Crippen LogP contribution in [0.1, 0.15) is 18.9 Å². The summed E-state index contributed by atoms with van der Waals surface area (Å²) in [6, 6.07) is 3.34. The van der Waals surface area contributed by atoms with Gasteiger partial charge in [-0.3, -0.25) is 0 Å². The summed E-state index contributed by atoms with van der Waals surface area (Å²) >= 11 is 0. The smallest absolute Gasteiger partial charge is 0.129 e. The van der Waals surface area contributed by atoms with Crippen molar-refractivity contribution in [3.8, 4) is 12.3 Å². The van der Waals surface area contributed by atoms with Gasteiger partial charge in [0.2, 0.25) is 0 Å². The zero-order valence-corrected chi connectivity index (χ0v) is 9.26. The highest BCUT2D eigenvalue weighted by Crippen LogP contribution is 2.11. The summed E-state index contributed by atoms with van der Waals surface area (Å²) < 4.78 is 26.0. The van der Waals surface area contributed by atoms with Crippen molar-refractivity contribution in [1.29, 1.82) is 0 Å². The summed E-state index contributed by atoms with van der Waals surface area (Å²) in [4.78, 5) is 0. The van der Waals surface area contributed by atoms with Gasteiger partial charge in [0.05, 0.1) is 6.04 Å². The molecule has 1 aromatic rings. The van der Waals surface area contributed by atoms with E-state index in [9.17, 15) is 8.78 Å². The van der Waals surface area contributed by atoms with Gasteiger partial charge in [0, 0.05) is 12.5 Å². The molecule has 1 atom stereocenters. The number of benzene rings is 1. The fourth-order valence-corrected chi connectivity index (χ4v) is 1.42. The van der Waals surface area contributed by atoms with Crippen LogP contribution in [0.15, 0.2) is 18.2 Å². The van der Waals surface area contributed by atoms with Gasteiger partial charge in [-0.1, -0.05) is 18.9 Å². The molecular weight excluding hydrogens is 208 g/mol. The molecule has 0 spiro atoms. The van der Waals surface area contributed by atoms with Gasteiger partial charge in [0.15, 0.2) is 0 Å². The molecule has 0 aliphatic heterocycles. The van der Waals surface area contributed by atoms with Crippen molar-refractivity contribution in [1.82, 2.24) is 5.32 Å². The Kier molecular flexibility index (Phi) is 4.94. The van der Waals surface area contributed by atoms with E-state index in [-0.39, 0.29) is 6.04 Å². The normalized spacial score (nSPS) is 12.1. The lowest BCUT2D eigenvalue weighted by Crippen LogP contribution is -2.30. The standard InChI is InChI=1S/C13H15F2N/c1-3-7-16-12(4-2)8-10-5-6-11(14)9-13(10)15/h2,5-6,9,12,16H,3,7-8H2,1H3. The van der Waals surface area contributed by atoms with Crippen molar-refractivity contribution in [2.45, 2.75) is 25.8 Å². The van der Waals surface area contributed by atoms with Gasteiger partial charge in [-0.2, -0.15) is 0 Å². The van der Waals surface area contributed by atoms with E-state index in [1.54, 1.807) is 0 Å². The van der Waals surface area contributed by atoms with Gasteiger partial charge < -0.3 is 5.32 Å². The Morgan fingerprint density at radius 2 is 2.19 bits per heavy atom. The van der Waals surface area contributed by atoms with Crippen molar-refractivity contribution in [2.75, 3.05) is 6.54 Å². The molecule has 1 unspecified atom stereocenters. The molecule has 0 saturated carbocycles. The molecule has 0 amide bonds. The van der Waals surface area contributed by atoms with E-state index in [0.717, 1.165) is 19.0 Å². The first-order valence-electron chi connectivity index (χ1n) is 5.30. The summed E-state index contributed by atoms with van der Waals surface area (Å²) in [6.07, 6.45) is 6.67. The molecular formula is C13H15F2N. The number of hydrogen-bond donors (Lipinski definition) is 1. The van der Waals surface area contributed by atoms with E-state index in [4.69, 9.17) is 6.42 Å². The highest BCUT2D eigenvalue weighted by atomic mass is 19.1. The van der Waals surface area contributed by atoms with Crippen molar-refractivity contribution < 1.29 is 8.78 Å². The first kappa shape index (κ1) is 12.7. The van der Waals surface area contributed by atoms with Gasteiger partial charge in [-0.15, -0.1) is 6.42 Å². The Hall–Kier alpha value is -1.40. The molecule has 0 heterocycles. The van der Waals surface area contributed by atoms with E-state index >= 15 is 0 Å². The summed E-state index contributed by atoms with van der Waals surface area (Å²) in [5.74, 6) is 1.44. The highest BCUT2D eigenvalue weighted by Gasteiger charge is 2.09. The van der Waals surface area contributed by atoms with Gasteiger partial charge >= 0.3 is 0 Å². The molecule has 3 heteroatoms. The van der Waals surface area contributed by atoms with E-state index in [2.05, 4.69) is 11.2 Å². The number of terminal acetylenes is 1. The number of hydrogen-bond acceptors (Lipinski definition) is 1.